The maximum absolute atomic E-state index is 11.6. The molecular formula is C25H22N6O2. The lowest BCUT2D eigenvalue weighted by Gasteiger charge is -2.18. The molecule has 164 valence electrons. The summed E-state index contributed by atoms with van der Waals surface area (Å²) in [5.74, 6) is 1.45. The summed E-state index contributed by atoms with van der Waals surface area (Å²) in [6.07, 6.45) is 5.75. The van der Waals surface area contributed by atoms with Crippen molar-refractivity contribution in [3.8, 4) is 5.75 Å². The maximum Gasteiger partial charge on any atom is 0.169 e. The molecule has 3 heterocycles. The number of nitrogens with zero attached hydrogens (tertiary/aromatic N) is 5. The molecule has 2 aromatic carbocycles. The van der Waals surface area contributed by atoms with Gasteiger partial charge in [-0.1, -0.05) is 30.3 Å². The van der Waals surface area contributed by atoms with Crippen molar-refractivity contribution in [2.24, 2.45) is 0 Å². The molecule has 5 rings (SSSR count). The van der Waals surface area contributed by atoms with E-state index in [2.05, 4.69) is 25.3 Å². The van der Waals surface area contributed by atoms with Crippen LogP contribution < -0.4 is 10.1 Å². The summed E-state index contributed by atoms with van der Waals surface area (Å²) >= 11 is 0. The summed E-state index contributed by atoms with van der Waals surface area (Å²) in [6.45, 7) is 2.66. The third-order valence-electron chi connectivity index (χ3n) is 5.70. The Balaban J connectivity index is 1.46. The van der Waals surface area contributed by atoms with Crippen LogP contribution in [-0.2, 0) is 6.54 Å². The second kappa shape index (κ2) is 8.66. The van der Waals surface area contributed by atoms with E-state index in [1.54, 1.807) is 19.6 Å². The van der Waals surface area contributed by atoms with Gasteiger partial charge < -0.3 is 14.6 Å². The fourth-order valence-corrected chi connectivity index (χ4v) is 4.05. The van der Waals surface area contributed by atoms with Crippen molar-refractivity contribution in [1.29, 1.82) is 0 Å². The Morgan fingerprint density at radius 1 is 1.06 bits per heavy atom. The first-order chi connectivity index (χ1) is 16.2. The SMILES string of the molecule is COc1ccc(Cn2cnc3c(N[C@@H](C)c4cccc5ccnc(C=O)c45)ncnc32)cc1. The summed E-state index contributed by atoms with van der Waals surface area (Å²) in [4.78, 5) is 29.3. The molecule has 0 fully saturated rings. The number of hydrogen-bond acceptors (Lipinski definition) is 7. The Kier molecular flexibility index (Phi) is 5.40. The Morgan fingerprint density at radius 2 is 1.91 bits per heavy atom. The van der Waals surface area contributed by atoms with Crippen molar-refractivity contribution in [1.82, 2.24) is 24.5 Å². The summed E-state index contributed by atoms with van der Waals surface area (Å²) in [5, 5.41) is 5.26. The van der Waals surface area contributed by atoms with Gasteiger partial charge in [-0.3, -0.25) is 9.78 Å². The number of hydrogen-bond donors (Lipinski definition) is 1. The third kappa shape index (κ3) is 3.87. The number of nitrogens with one attached hydrogen (secondary N) is 1. The molecule has 3 aromatic heterocycles. The summed E-state index contributed by atoms with van der Waals surface area (Å²) in [7, 11) is 1.65. The molecule has 0 radical (unpaired) electrons. The lowest BCUT2D eigenvalue weighted by molar-refractivity contribution is 0.112. The Hall–Kier alpha value is -4.33. The molecule has 0 saturated carbocycles. The van der Waals surface area contributed by atoms with E-state index in [0.29, 0.717) is 23.6 Å². The number of rotatable bonds is 7. The van der Waals surface area contributed by atoms with E-state index in [1.807, 2.05) is 60.0 Å². The highest BCUT2D eigenvalue weighted by Crippen LogP contribution is 2.29. The number of anilines is 1. The minimum absolute atomic E-state index is 0.138. The molecule has 8 heteroatoms. The van der Waals surface area contributed by atoms with Crippen molar-refractivity contribution in [2.75, 3.05) is 12.4 Å². The van der Waals surface area contributed by atoms with Gasteiger partial charge >= 0.3 is 0 Å². The smallest absolute Gasteiger partial charge is 0.169 e. The molecule has 0 unspecified atom stereocenters. The Labute approximate surface area is 190 Å². The predicted octanol–water partition coefficient (Wildman–Crippen LogP) is 4.42. The number of ether oxygens (including phenoxy) is 1. The van der Waals surface area contributed by atoms with Gasteiger partial charge in [0.1, 0.15) is 23.3 Å². The molecule has 0 bridgehead atoms. The third-order valence-corrected chi connectivity index (χ3v) is 5.70. The number of carbonyl (C=O) groups is 1. The minimum atomic E-state index is -0.138. The molecule has 33 heavy (non-hydrogen) atoms. The fraction of sp³-hybridized carbons (Fsp3) is 0.160. The quantitative estimate of drug-likeness (QED) is 0.376. The largest absolute Gasteiger partial charge is 0.497 e. The number of imidazole rings is 1. The van der Waals surface area contributed by atoms with E-state index in [0.717, 1.165) is 39.6 Å². The van der Waals surface area contributed by atoms with Gasteiger partial charge in [-0.15, -0.1) is 0 Å². The summed E-state index contributed by atoms with van der Waals surface area (Å²) < 4.78 is 7.22. The van der Waals surface area contributed by atoms with Gasteiger partial charge in [-0.05, 0) is 41.6 Å². The molecule has 8 nitrogen and oxygen atoms in total. The molecule has 0 aliphatic carbocycles. The van der Waals surface area contributed by atoms with E-state index < -0.39 is 0 Å². The Morgan fingerprint density at radius 3 is 2.70 bits per heavy atom. The van der Waals surface area contributed by atoms with E-state index in [9.17, 15) is 4.79 Å². The van der Waals surface area contributed by atoms with Crippen LogP contribution in [0.4, 0.5) is 5.82 Å². The lowest BCUT2D eigenvalue weighted by Crippen LogP contribution is -2.10. The molecule has 1 atom stereocenters. The van der Waals surface area contributed by atoms with E-state index in [1.165, 1.54) is 6.33 Å². The van der Waals surface area contributed by atoms with E-state index in [-0.39, 0.29) is 6.04 Å². The minimum Gasteiger partial charge on any atom is -0.497 e. The van der Waals surface area contributed by atoms with Crippen LogP contribution >= 0.6 is 0 Å². The van der Waals surface area contributed by atoms with Crippen molar-refractivity contribution in [3.63, 3.8) is 0 Å². The molecule has 1 N–H and O–H groups in total. The van der Waals surface area contributed by atoms with Crippen molar-refractivity contribution < 1.29 is 9.53 Å². The van der Waals surface area contributed by atoms with Gasteiger partial charge in [0, 0.05) is 11.6 Å². The van der Waals surface area contributed by atoms with Crippen LogP contribution in [0.5, 0.6) is 5.75 Å². The van der Waals surface area contributed by atoms with Crippen LogP contribution in [-0.4, -0.2) is 37.9 Å². The van der Waals surface area contributed by atoms with Gasteiger partial charge in [-0.2, -0.15) is 0 Å². The summed E-state index contributed by atoms with van der Waals surface area (Å²) in [6, 6.07) is 15.6. The van der Waals surface area contributed by atoms with Gasteiger partial charge in [0.15, 0.2) is 17.8 Å². The molecular weight excluding hydrogens is 416 g/mol. The van der Waals surface area contributed by atoms with Crippen LogP contribution in [0.25, 0.3) is 21.9 Å². The van der Waals surface area contributed by atoms with Crippen molar-refractivity contribution >= 4 is 34.0 Å². The normalized spacial score (nSPS) is 12.1. The van der Waals surface area contributed by atoms with Gasteiger partial charge in [0.25, 0.3) is 0 Å². The second-order valence-electron chi connectivity index (χ2n) is 7.74. The molecule has 0 aliphatic heterocycles. The number of aldehydes is 1. The van der Waals surface area contributed by atoms with Crippen LogP contribution in [0.2, 0.25) is 0 Å². The van der Waals surface area contributed by atoms with Crippen LogP contribution in [0.15, 0.2) is 67.4 Å². The number of carbonyl (C=O) groups excluding carboxylic acids is 1. The number of aromatic nitrogens is 5. The number of fused-ring (bicyclic) bond motifs is 2. The zero-order valence-corrected chi connectivity index (χ0v) is 18.3. The van der Waals surface area contributed by atoms with E-state index in [4.69, 9.17) is 4.74 Å². The topological polar surface area (TPSA) is 94.8 Å². The maximum atomic E-state index is 11.6. The van der Waals surface area contributed by atoms with Crippen molar-refractivity contribution in [3.05, 3.63) is 84.2 Å². The first-order valence-corrected chi connectivity index (χ1v) is 10.6. The zero-order chi connectivity index (χ0) is 22.8. The Bertz CT molecular complexity index is 1440. The first kappa shape index (κ1) is 20.6. The first-order valence-electron chi connectivity index (χ1n) is 10.6. The summed E-state index contributed by atoms with van der Waals surface area (Å²) in [5.41, 5.74) is 3.93. The average Bonchev–Trinajstić information content (AvgIpc) is 3.27. The van der Waals surface area contributed by atoms with Gasteiger partial charge in [-0.25, -0.2) is 15.0 Å². The molecule has 5 aromatic rings. The van der Waals surface area contributed by atoms with Gasteiger partial charge in [0.05, 0.1) is 26.0 Å². The molecule has 0 aliphatic rings. The monoisotopic (exact) mass is 438 g/mol. The van der Waals surface area contributed by atoms with Crippen LogP contribution in [0.1, 0.15) is 34.6 Å². The second-order valence-corrected chi connectivity index (χ2v) is 7.74. The number of benzene rings is 2. The molecule has 0 amide bonds. The standard InChI is InChI=1S/C25H22N6O2/c1-16(20-5-3-4-18-10-11-26-21(13-32)22(18)20)30-24-23-25(28-14-27-24)31(15-29-23)12-17-6-8-19(33-2)9-7-17/h3-11,13-16H,12H2,1-2H3,(H,27,28,30)/t16-/m0/s1. The molecule has 0 spiro atoms. The van der Waals surface area contributed by atoms with Crippen LogP contribution in [0.3, 0.4) is 0 Å². The number of pyridine rings is 1. The number of methoxy groups -OCH3 is 1. The zero-order valence-electron chi connectivity index (χ0n) is 18.3. The fourth-order valence-electron chi connectivity index (χ4n) is 4.05. The average molecular weight is 438 g/mol. The van der Waals surface area contributed by atoms with Crippen LogP contribution in [0, 0.1) is 0 Å². The highest BCUT2D eigenvalue weighted by Gasteiger charge is 2.17. The van der Waals surface area contributed by atoms with Crippen molar-refractivity contribution in [2.45, 2.75) is 19.5 Å². The highest BCUT2D eigenvalue weighted by molar-refractivity contribution is 5.98. The highest BCUT2D eigenvalue weighted by atomic mass is 16.5. The molecule has 0 saturated heterocycles. The lowest BCUT2D eigenvalue weighted by atomic mass is 9.99. The van der Waals surface area contributed by atoms with Gasteiger partial charge in [0.2, 0.25) is 0 Å². The van der Waals surface area contributed by atoms with E-state index >= 15 is 0 Å². The predicted molar refractivity (Wildman–Crippen MR) is 127 cm³/mol.